The quantitative estimate of drug-likeness (QED) is 0.278. The van der Waals surface area contributed by atoms with Crippen LogP contribution >= 0.6 is 0 Å². The van der Waals surface area contributed by atoms with Gasteiger partial charge in [0.05, 0.1) is 18.9 Å². The van der Waals surface area contributed by atoms with Crippen molar-refractivity contribution < 1.29 is 22.9 Å². The maximum Gasteiger partial charge on any atom is 0.184 e. The number of nitrogens with zero attached hydrogens (tertiary/aromatic N) is 1. The molecule has 0 aromatic rings. The van der Waals surface area contributed by atoms with Crippen LogP contribution in [0.4, 0.5) is 0 Å². The van der Waals surface area contributed by atoms with E-state index >= 15 is 0 Å². The van der Waals surface area contributed by atoms with E-state index in [0.717, 1.165) is 0 Å². The molecule has 0 bridgehead atoms. The van der Waals surface area contributed by atoms with Gasteiger partial charge in [0.25, 0.3) is 0 Å². The average molecular weight is 410 g/mol. The van der Waals surface area contributed by atoms with E-state index in [1.54, 1.807) is 13.3 Å². The summed E-state index contributed by atoms with van der Waals surface area (Å²) in [4.78, 5) is 4.84. The third-order valence-electron chi connectivity index (χ3n) is 2.95. The lowest BCUT2D eigenvalue weighted by Gasteiger charge is -2.39. The van der Waals surface area contributed by atoms with E-state index in [0.29, 0.717) is 6.61 Å². The summed E-state index contributed by atoms with van der Waals surface area (Å²) < 4.78 is 24.7. The Morgan fingerprint density at radius 3 is 1.68 bits per heavy atom. The lowest BCUT2D eigenvalue weighted by molar-refractivity contribution is -0.0460. The van der Waals surface area contributed by atoms with E-state index in [4.69, 9.17) is 22.9 Å². The highest BCUT2D eigenvalue weighted by Gasteiger charge is 2.38. The Bertz CT molecular complexity index is 402. The van der Waals surface area contributed by atoms with Crippen molar-refractivity contribution in [1.29, 1.82) is 0 Å². The first-order valence-electron chi connectivity index (χ1n) is 8.77. The molecule has 25 heavy (non-hydrogen) atoms. The SMILES string of the molecule is CON=C[C@H](OC)[C@H](O[Si](C)(C)C)[C@@H](CO[Si](C)(C)C)O[Si](C)(C)C. The standard InChI is InChI=1S/C16H39NO5Si3/c1-18-14(12-17-19-2)16(22-25(9,10)11)15(21-24(6,7)8)13-20-23(3,4)5/h12,14-16H,13H2,1-11H3/t14-,15+,16-/m0/s1. The van der Waals surface area contributed by atoms with E-state index in [1.165, 1.54) is 7.11 Å². The molecule has 0 spiro atoms. The number of hydrogen-bond acceptors (Lipinski definition) is 6. The third-order valence-corrected chi connectivity index (χ3v) is 5.97. The van der Waals surface area contributed by atoms with Gasteiger partial charge in [-0.05, 0) is 58.9 Å². The smallest absolute Gasteiger partial charge is 0.184 e. The van der Waals surface area contributed by atoms with Crippen LogP contribution in [0, 0.1) is 0 Å². The number of methoxy groups -OCH3 is 1. The van der Waals surface area contributed by atoms with Gasteiger partial charge in [0.2, 0.25) is 0 Å². The molecular formula is C16H39NO5Si3. The maximum absolute atomic E-state index is 6.46. The van der Waals surface area contributed by atoms with Crippen LogP contribution < -0.4 is 0 Å². The second kappa shape index (κ2) is 10.3. The highest BCUT2D eigenvalue weighted by Crippen LogP contribution is 2.22. The molecule has 0 fully saturated rings. The number of rotatable bonds is 12. The molecule has 0 aliphatic carbocycles. The fraction of sp³-hybridized carbons (Fsp3) is 0.938. The van der Waals surface area contributed by atoms with Crippen molar-refractivity contribution in [2.24, 2.45) is 5.16 Å². The summed E-state index contributed by atoms with van der Waals surface area (Å²) in [6.07, 6.45) is 0.773. The molecule has 0 unspecified atom stereocenters. The van der Waals surface area contributed by atoms with Crippen LogP contribution in [0.5, 0.6) is 0 Å². The van der Waals surface area contributed by atoms with Crippen LogP contribution in [0.3, 0.4) is 0 Å². The van der Waals surface area contributed by atoms with Crippen LogP contribution in [0.1, 0.15) is 0 Å². The Morgan fingerprint density at radius 2 is 1.32 bits per heavy atom. The van der Waals surface area contributed by atoms with Crippen LogP contribution in [0.2, 0.25) is 58.9 Å². The Hall–Kier alpha value is -0.0394. The molecule has 0 heterocycles. The first-order valence-corrected chi connectivity index (χ1v) is 19.0. The second-order valence-electron chi connectivity index (χ2n) is 9.02. The molecular weight excluding hydrogens is 370 g/mol. The Kier molecular flexibility index (Phi) is 10.3. The van der Waals surface area contributed by atoms with Gasteiger partial charge in [-0.1, -0.05) is 5.16 Å². The topological polar surface area (TPSA) is 58.5 Å². The highest BCUT2D eigenvalue weighted by molar-refractivity contribution is 6.70. The minimum Gasteiger partial charge on any atom is -0.415 e. The second-order valence-corrected chi connectivity index (χ2v) is 22.5. The minimum atomic E-state index is -1.84. The first kappa shape index (κ1) is 25.0. The zero-order valence-corrected chi connectivity index (χ0v) is 21.0. The van der Waals surface area contributed by atoms with Crippen LogP contribution in [-0.2, 0) is 22.9 Å². The lowest BCUT2D eigenvalue weighted by atomic mass is 10.1. The summed E-state index contributed by atoms with van der Waals surface area (Å²) in [6, 6.07) is 0. The molecule has 0 saturated carbocycles. The van der Waals surface area contributed by atoms with Gasteiger partial charge in [0.15, 0.2) is 25.0 Å². The van der Waals surface area contributed by atoms with Gasteiger partial charge >= 0.3 is 0 Å². The zero-order chi connectivity index (χ0) is 19.9. The molecule has 3 atom stereocenters. The van der Waals surface area contributed by atoms with E-state index < -0.39 is 25.0 Å². The summed E-state index contributed by atoms with van der Waals surface area (Å²) in [5.74, 6) is 0. The molecule has 0 radical (unpaired) electrons. The van der Waals surface area contributed by atoms with Crippen LogP contribution in [-0.4, -0.2) is 70.3 Å². The Balaban J connectivity index is 5.63. The predicted molar refractivity (Wildman–Crippen MR) is 112 cm³/mol. The summed E-state index contributed by atoms with van der Waals surface area (Å²) in [6.45, 7) is 20.0. The monoisotopic (exact) mass is 409 g/mol. The zero-order valence-electron chi connectivity index (χ0n) is 18.0. The number of ether oxygens (including phenoxy) is 1. The van der Waals surface area contributed by atoms with Gasteiger partial charge in [-0.15, -0.1) is 0 Å². The van der Waals surface area contributed by atoms with Crippen molar-refractivity contribution in [2.75, 3.05) is 20.8 Å². The van der Waals surface area contributed by atoms with Crippen LogP contribution in [0.25, 0.3) is 0 Å². The summed E-state index contributed by atoms with van der Waals surface area (Å²) >= 11 is 0. The average Bonchev–Trinajstić information content (AvgIpc) is 2.39. The predicted octanol–water partition coefficient (Wildman–Crippen LogP) is 3.93. The lowest BCUT2D eigenvalue weighted by Crippen LogP contribution is -2.53. The Morgan fingerprint density at radius 1 is 0.800 bits per heavy atom. The first-order chi connectivity index (χ1) is 11.2. The number of hydrogen-bond donors (Lipinski definition) is 0. The molecule has 0 saturated heterocycles. The molecule has 0 rings (SSSR count). The fourth-order valence-electron chi connectivity index (χ4n) is 2.15. The van der Waals surface area contributed by atoms with Gasteiger partial charge in [-0.25, -0.2) is 0 Å². The van der Waals surface area contributed by atoms with Gasteiger partial charge in [-0.3, -0.25) is 0 Å². The third kappa shape index (κ3) is 12.9. The van der Waals surface area contributed by atoms with E-state index in [1.807, 2.05) is 0 Å². The molecule has 0 aliphatic rings. The van der Waals surface area contributed by atoms with Crippen molar-refractivity contribution in [3.63, 3.8) is 0 Å². The number of oxime groups is 1. The molecule has 9 heteroatoms. The molecule has 0 N–H and O–H groups in total. The van der Waals surface area contributed by atoms with Gasteiger partial charge in [-0.2, -0.15) is 0 Å². The van der Waals surface area contributed by atoms with Crippen molar-refractivity contribution in [3.8, 4) is 0 Å². The molecule has 150 valence electrons. The van der Waals surface area contributed by atoms with Gasteiger partial charge < -0.3 is 22.9 Å². The maximum atomic E-state index is 6.46. The molecule has 0 aromatic heterocycles. The normalized spacial score (nSPS) is 17.6. The highest BCUT2D eigenvalue weighted by atomic mass is 28.4. The molecule has 0 aromatic carbocycles. The van der Waals surface area contributed by atoms with E-state index in [9.17, 15) is 0 Å². The summed E-state index contributed by atoms with van der Waals surface area (Å²) in [5.41, 5.74) is 0. The summed E-state index contributed by atoms with van der Waals surface area (Å²) in [7, 11) is -2.16. The van der Waals surface area contributed by atoms with Crippen molar-refractivity contribution in [1.82, 2.24) is 0 Å². The Labute approximate surface area is 157 Å². The summed E-state index contributed by atoms with van der Waals surface area (Å²) in [5, 5.41) is 3.89. The van der Waals surface area contributed by atoms with Crippen molar-refractivity contribution in [2.45, 2.75) is 77.2 Å². The fourth-order valence-corrected chi connectivity index (χ4v) is 5.02. The molecule has 6 nitrogen and oxygen atoms in total. The van der Waals surface area contributed by atoms with E-state index in [-0.39, 0.29) is 18.3 Å². The van der Waals surface area contributed by atoms with E-state index in [2.05, 4.69) is 64.1 Å². The molecule has 0 aliphatic heterocycles. The molecule has 0 amide bonds. The van der Waals surface area contributed by atoms with Gasteiger partial charge in [0, 0.05) is 7.11 Å². The minimum absolute atomic E-state index is 0.210. The largest absolute Gasteiger partial charge is 0.415 e. The van der Waals surface area contributed by atoms with Crippen LogP contribution in [0.15, 0.2) is 5.16 Å². The van der Waals surface area contributed by atoms with Crippen molar-refractivity contribution in [3.05, 3.63) is 0 Å². The van der Waals surface area contributed by atoms with Gasteiger partial charge in [0.1, 0.15) is 19.3 Å². The van der Waals surface area contributed by atoms with Crippen molar-refractivity contribution >= 4 is 31.2 Å².